The third-order valence-electron chi connectivity index (χ3n) is 6.82. The van der Waals surface area contributed by atoms with E-state index in [4.69, 9.17) is 4.74 Å². The van der Waals surface area contributed by atoms with E-state index in [0.717, 1.165) is 41.4 Å². The molecule has 0 N–H and O–H groups in total. The summed E-state index contributed by atoms with van der Waals surface area (Å²) in [6.07, 6.45) is 8.26. The highest BCUT2D eigenvalue weighted by molar-refractivity contribution is 5.87. The van der Waals surface area contributed by atoms with E-state index in [2.05, 4.69) is 99.8 Å². The normalized spacial score (nSPS) is 12.3. The molecule has 2 nitrogen and oxygen atoms in total. The monoisotopic (exact) mass is 453 g/mol. The highest BCUT2D eigenvalue weighted by Crippen LogP contribution is 2.51. The van der Waals surface area contributed by atoms with Crippen LogP contribution in [0, 0.1) is 0 Å². The number of aryl methyl sites for hydroxylation is 1. The first kappa shape index (κ1) is 24.1. The lowest BCUT2D eigenvalue weighted by Gasteiger charge is -2.34. The fourth-order valence-electron chi connectivity index (χ4n) is 4.61. The Morgan fingerprint density at radius 1 is 0.824 bits per heavy atom. The van der Waals surface area contributed by atoms with Crippen molar-refractivity contribution in [3.63, 3.8) is 0 Å². The average Bonchev–Trinajstić information content (AvgIpc) is 2.85. The van der Waals surface area contributed by atoms with Gasteiger partial charge in [-0.25, -0.2) is 0 Å². The van der Waals surface area contributed by atoms with Crippen LogP contribution in [-0.2, 0) is 6.42 Å². The molecule has 4 rings (SSSR count). The Labute approximate surface area is 206 Å². The van der Waals surface area contributed by atoms with Gasteiger partial charge in [0.2, 0.25) is 0 Å². The van der Waals surface area contributed by atoms with Gasteiger partial charge in [0.1, 0.15) is 0 Å². The Hall–Kier alpha value is -3.00. The molecule has 0 saturated carbocycles. The topological polar surface area (TPSA) is 12.5 Å². The van der Waals surface area contributed by atoms with Crippen molar-refractivity contribution < 1.29 is 4.74 Å². The van der Waals surface area contributed by atoms with Crippen molar-refractivity contribution in [2.75, 3.05) is 4.90 Å². The molecule has 2 heteroatoms. The van der Waals surface area contributed by atoms with E-state index in [-0.39, 0.29) is 0 Å². The minimum absolute atomic E-state index is 0.450. The Bertz CT molecular complexity index is 1130. The molecule has 0 atom stereocenters. The summed E-state index contributed by atoms with van der Waals surface area (Å²) in [5, 5.41) is 0. The summed E-state index contributed by atoms with van der Waals surface area (Å²) >= 11 is 0. The van der Waals surface area contributed by atoms with Crippen LogP contribution in [0.5, 0.6) is 11.5 Å². The molecule has 0 radical (unpaired) electrons. The van der Waals surface area contributed by atoms with Gasteiger partial charge in [0.25, 0.3) is 0 Å². The summed E-state index contributed by atoms with van der Waals surface area (Å²) in [4.78, 5) is 2.34. The van der Waals surface area contributed by atoms with Crippen LogP contribution in [0.3, 0.4) is 0 Å². The van der Waals surface area contributed by atoms with Gasteiger partial charge < -0.3 is 9.64 Å². The molecule has 1 aliphatic rings. The van der Waals surface area contributed by atoms with Gasteiger partial charge in [-0.2, -0.15) is 0 Å². The number of rotatable bonds is 10. The lowest BCUT2D eigenvalue weighted by molar-refractivity contribution is 0.475. The summed E-state index contributed by atoms with van der Waals surface area (Å²) in [5.41, 5.74) is 8.38. The van der Waals surface area contributed by atoms with Crippen molar-refractivity contribution >= 4 is 22.6 Å². The number of nitrogens with zero attached hydrogens (tertiary/aromatic N) is 1. The molecule has 178 valence electrons. The maximum absolute atomic E-state index is 6.53. The maximum Gasteiger partial charge on any atom is 0.152 e. The second-order valence-electron chi connectivity index (χ2n) is 9.83. The van der Waals surface area contributed by atoms with Crippen LogP contribution in [0.15, 0.2) is 67.2 Å². The molecule has 1 aliphatic heterocycles. The third kappa shape index (κ3) is 5.22. The molecule has 34 heavy (non-hydrogen) atoms. The number of hydrogen-bond acceptors (Lipinski definition) is 2. The first-order valence-corrected chi connectivity index (χ1v) is 13.0. The van der Waals surface area contributed by atoms with Crippen molar-refractivity contribution in [1.29, 1.82) is 0 Å². The van der Waals surface area contributed by atoms with Gasteiger partial charge >= 0.3 is 0 Å². The predicted octanol–water partition coefficient (Wildman–Crippen LogP) is 10.3. The SMILES string of the molecule is C=C(CCCCC)c1ccc2c(c1)Oc1cc(C(C)C)ccc1N2c1ccc(CCCC)cc1. The van der Waals surface area contributed by atoms with E-state index in [1.165, 1.54) is 54.4 Å². The van der Waals surface area contributed by atoms with Crippen LogP contribution < -0.4 is 9.64 Å². The minimum atomic E-state index is 0.450. The first-order valence-electron chi connectivity index (χ1n) is 13.0. The van der Waals surface area contributed by atoms with Crippen molar-refractivity contribution in [2.45, 2.75) is 78.6 Å². The zero-order valence-corrected chi connectivity index (χ0v) is 21.4. The number of benzene rings is 3. The van der Waals surface area contributed by atoms with E-state index < -0.39 is 0 Å². The van der Waals surface area contributed by atoms with Gasteiger partial charge in [0.15, 0.2) is 11.5 Å². The Kier molecular flexibility index (Phi) is 7.77. The van der Waals surface area contributed by atoms with Gasteiger partial charge in [-0.3, -0.25) is 0 Å². The molecular formula is C32H39NO. The lowest BCUT2D eigenvalue weighted by atomic mass is 9.98. The van der Waals surface area contributed by atoms with E-state index in [1.807, 2.05) is 0 Å². The Morgan fingerprint density at radius 2 is 1.50 bits per heavy atom. The van der Waals surface area contributed by atoms with Crippen LogP contribution in [-0.4, -0.2) is 0 Å². The van der Waals surface area contributed by atoms with E-state index in [9.17, 15) is 0 Å². The Balaban J connectivity index is 1.73. The van der Waals surface area contributed by atoms with Crippen LogP contribution in [0.4, 0.5) is 17.1 Å². The minimum Gasteiger partial charge on any atom is -0.453 e. The number of hydrogen-bond donors (Lipinski definition) is 0. The largest absolute Gasteiger partial charge is 0.453 e. The number of allylic oxidation sites excluding steroid dienone is 1. The summed E-state index contributed by atoms with van der Waals surface area (Å²) in [6.45, 7) is 13.3. The van der Waals surface area contributed by atoms with Crippen LogP contribution in [0.2, 0.25) is 0 Å². The summed E-state index contributed by atoms with van der Waals surface area (Å²) < 4.78 is 6.53. The second kappa shape index (κ2) is 11.0. The molecule has 1 heterocycles. The fraction of sp³-hybridized carbons (Fsp3) is 0.375. The van der Waals surface area contributed by atoms with E-state index in [0.29, 0.717) is 5.92 Å². The molecule has 3 aromatic carbocycles. The molecule has 0 unspecified atom stereocenters. The van der Waals surface area contributed by atoms with E-state index >= 15 is 0 Å². The average molecular weight is 454 g/mol. The molecule has 0 aliphatic carbocycles. The molecule has 0 bridgehead atoms. The zero-order valence-electron chi connectivity index (χ0n) is 21.4. The van der Waals surface area contributed by atoms with Crippen LogP contribution in [0.1, 0.15) is 88.8 Å². The quantitative estimate of drug-likeness (QED) is 0.221. The zero-order chi connectivity index (χ0) is 24.1. The predicted molar refractivity (Wildman–Crippen MR) is 147 cm³/mol. The molecule has 0 aromatic heterocycles. The lowest BCUT2D eigenvalue weighted by Crippen LogP contribution is -2.16. The molecule has 0 spiro atoms. The summed E-state index contributed by atoms with van der Waals surface area (Å²) in [7, 11) is 0. The molecule has 3 aromatic rings. The number of fused-ring (bicyclic) bond motifs is 2. The van der Waals surface area contributed by atoms with Crippen LogP contribution >= 0.6 is 0 Å². The van der Waals surface area contributed by atoms with Gasteiger partial charge in [-0.15, -0.1) is 0 Å². The summed E-state index contributed by atoms with van der Waals surface area (Å²) in [6, 6.07) is 22.2. The van der Waals surface area contributed by atoms with E-state index in [1.54, 1.807) is 0 Å². The van der Waals surface area contributed by atoms with Crippen molar-refractivity contribution in [2.24, 2.45) is 0 Å². The fourth-order valence-corrected chi connectivity index (χ4v) is 4.61. The molecular weight excluding hydrogens is 414 g/mol. The van der Waals surface area contributed by atoms with Gasteiger partial charge in [-0.05, 0) is 90.3 Å². The van der Waals surface area contributed by atoms with Gasteiger partial charge in [0.05, 0.1) is 11.4 Å². The standard InChI is InChI=1S/C32H39NO/c1-6-8-10-11-24(5)27-16-20-30-32(22-27)34-31-21-26(23(3)4)15-19-29(31)33(30)28-17-13-25(14-18-28)12-9-7-2/h13-23H,5-12H2,1-4H3. The molecule has 0 fully saturated rings. The number of anilines is 3. The highest BCUT2D eigenvalue weighted by Gasteiger charge is 2.27. The Morgan fingerprint density at radius 3 is 2.18 bits per heavy atom. The smallest absolute Gasteiger partial charge is 0.152 e. The number of ether oxygens (including phenoxy) is 1. The van der Waals surface area contributed by atoms with Crippen molar-refractivity contribution in [3.8, 4) is 11.5 Å². The third-order valence-corrected chi connectivity index (χ3v) is 6.82. The molecule has 0 amide bonds. The highest BCUT2D eigenvalue weighted by atomic mass is 16.5. The summed E-state index contributed by atoms with van der Waals surface area (Å²) in [5.74, 6) is 2.27. The van der Waals surface area contributed by atoms with Crippen molar-refractivity contribution in [3.05, 3.63) is 83.9 Å². The van der Waals surface area contributed by atoms with Gasteiger partial charge in [0, 0.05) is 5.69 Å². The van der Waals surface area contributed by atoms with Gasteiger partial charge in [-0.1, -0.05) is 77.8 Å². The maximum atomic E-state index is 6.53. The van der Waals surface area contributed by atoms with Crippen LogP contribution in [0.25, 0.3) is 5.57 Å². The van der Waals surface area contributed by atoms with Crippen molar-refractivity contribution in [1.82, 2.24) is 0 Å². The number of unbranched alkanes of at least 4 members (excludes halogenated alkanes) is 3. The molecule has 0 saturated heterocycles. The second-order valence-corrected chi connectivity index (χ2v) is 9.83. The first-order chi connectivity index (χ1) is 16.5.